The van der Waals surface area contributed by atoms with Crippen molar-refractivity contribution in [3.8, 4) is 0 Å². The summed E-state index contributed by atoms with van der Waals surface area (Å²) in [6, 6.07) is 0. The number of Topliss-reactive ketones (excluding diaryl/α,β-unsaturated/α-hetero) is 2. The van der Waals surface area contributed by atoms with Crippen molar-refractivity contribution >= 4 is 11.6 Å². The van der Waals surface area contributed by atoms with E-state index in [9.17, 15) is 9.59 Å². The molecule has 2 aliphatic heterocycles. The van der Waals surface area contributed by atoms with Gasteiger partial charge in [-0.25, -0.2) is 0 Å². The highest BCUT2D eigenvalue weighted by atomic mass is 16.6. The maximum atomic E-state index is 13.1. The van der Waals surface area contributed by atoms with E-state index >= 15 is 0 Å². The Hall–Kier alpha value is -0.740. The molecule has 20 heavy (non-hydrogen) atoms. The molecule has 0 amide bonds. The molecule has 0 aromatic rings. The van der Waals surface area contributed by atoms with Gasteiger partial charge in [-0.3, -0.25) is 9.59 Å². The lowest BCUT2D eigenvalue weighted by Crippen LogP contribution is -2.53. The molecular weight excluding hydrogens is 256 g/mol. The molecule has 0 radical (unpaired) electrons. The first-order chi connectivity index (χ1) is 9.75. The van der Waals surface area contributed by atoms with Crippen LogP contribution in [0.15, 0.2) is 0 Å². The summed E-state index contributed by atoms with van der Waals surface area (Å²) < 4.78 is 11.4. The van der Waals surface area contributed by atoms with Crippen molar-refractivity contribution < 1.29 is 19.1 Å². The lowest BCUT2D eigenvalue weighted by molar-refractivity contribution is -0.150. The molecule has 4 bridgehead atoms. The summed E-state index contributed by atoms with van der Waals surface area (Å²) in [6.07, 6.45) is 3.41. The summed E-state index contributed by atoms with van der Waals surface area (Å²) in [5.74, 6) is 2.32. The monoisotopic (exact) mass is 272 g/mol. The highest BCUT2D eigenvalue weighted by Crippen LogP contribution is 2.70. The van der Waals surface area contributed by atoms with Crippen LogP contribution in [0, 0.1) is 47.3 Å². The van der Waals surface area contributed by atoms with Gasteiger partial charge in [0, 0.05) is 23.7 Å². The molecule has 7 aliphatic rings. The van der Waals surface area contributed by atoms with E-state index in [1.165, 1.54) is 0 Å². The second-order valence-electron chi connectivity index (χ2n) is 8.17. The Morgan fingerprint density at radius 3 is 1.20 bits per heavy atom. The van der Waals surface area contributed by atoms with E-state index < -0.39 is 0 Å². The van der Waals surface area contributed by atoms with Gasteiger partial charge in [0.05, 0.1) is 24.4 Å². The van der Waals surface area contributed by atoms with Crippen molar-refractivity contribution in [2.75, 3.05) is 0 Å². The summed E-state index contributed by atoms with van der Waals surface area (Å²) in [4.78, 5) is 26.2. The topological polar surface area (TPSA) is 59.2 Å². The van der Waals surface area contributed by atoms with Crippen molar-refractivity contribution in [3.63, 3.8) is 0 Å². The number of fused-ring (bicyclic) bond motifs is 16. The summed E-state index contributed by atoms with van der Waals surface area (Å²) in [6.45, 7) is 0. The standard InChI is InChI=1S/C16H16O4/c17-11-7-3-1-4(14-13(3)19-14)8(7)12(18)10-6-2-5(9(10)11)15-16(6)20-15/h3-10,13-16H,1-2H2/t3-,4-,5-,6-,7-,8-,9-,10+,13+,14+,15-,16+/m1/s1. The third-order valence-electron chi connectivity index (χ3n) is 7.83. The van der Waals surface area contributed by atoms with Crippen LogP contribution in [-0.4, -0.2) is 36.0 Å². The van der Waals surface area contributed by atoms with Gasteiger partial charge in [0.15, 0.2) is 0 Å². The first-order valence-electron chi connectivity index (χ1n) is 8.14. The van der Waals surface area contributed by atoms with E-state index in [1.807, 2.05) is 0 Å². The molecule has 5 aliphatic carbocycles. The largest absolute Gasteiger partial charge is 0.369 e. The second kappa shape index (κ2) is 2.66. The van der Waals surface area contributed by atoms with Gasteiger partial charge in [0.2, 0.25) is 0 Å². The van der Waals surface area contributed by atoms with Crippen molar-refractivity contribution in [2.24, 2.45) is 47.3 Å². The summed E-state index contributed by atoms with van der Waals surface area (Å²) in [5, 5.41) is 0. The van der Waals surface area contributed by atoms with E-state index in [4.69, 9.17) is 9.47 Å². The van der Waals surface area contributed by atoms with Crippen LogP contribution >= 0.6 is 0 Å². The predicted octanol–water partition coefficient (Wildman–Crippen LogP) is 0.437. The van der Waals surface area contributed by atoms with Crippen molar-refractivity contribution in [1.82, 2.24) is 0 Å². The van der Waals surface area contributed by atoms with Crippen molar-refractivity contribution in [3.05, 3.63) is 0 Å². The van der Waals surface area contributed by atoms with Crippen LogP contribution in [0.4, 0.5) is 0 Å². The second-order valence-corrected chi connectivity index (χ2v) is 8.17. The molecule has 7 rings (SSSR count). The SMILES string of the molecule is O=C1[C@@H]2[C@H]3C[C@@H]([C@@H]4O[C@@H]34)[C@H]2C(=O)[C@H]2[C@H]3C[C@@H]([C@H]4O[C@@H]34)[C@@H]12. The maximum Gasteiger partial charge on any atom is 0.141 e. The number of carbonyl (C=O) groups excluding carboxylic acids is 2. The van der Waals surface area contributed by atoms with Crippen molar-refractivity contribution in [1.29, 1.82) is 0 Å². The van der Waals surface area contributed by atoms with Gasteiger partial charge in [-0.2, -0.15) is 0 Å². The van der Waals surface area contributed by atoms with Gasteiger partial charge in [0.25, 0.3) is 0 Å². The fourth-order valence-corrected chi connectivity index (χ4v) is 7.28. The molecule has 2 saturated heterocycles. The number of hydrogen-bond donors (Lipinski definition) is 0. The minimum atomic E-state index is 0.00838. The Bertz CT molecular complexity index is 503. The number of carbonyl (C=O) groups is 2. The first kappa shape index (κ1) is 10.1. The van der Waals surface area contributed by atoms with E-state index in [2.05, 4.69) is 0 Å². The molecule has 0 N–H and O–H groups in total. The molecule has 2 heterocycles. The molecule has 0 aromatic carbocycles. The van der Waals surface area contributed by atoms with Gasteiger partial charge in [-0.1, -0.05) is 0 Å². The number of ketones is 2. The lowest BCUT2D eigenvalue weighted by Gasteiger charge is -2.41. The predicted molar refractivity (Wildman–Crippen MR) is 64.5 cm³/mol. The number of hydrogen-bond acceptors (Lipinski definition) is 4. The third kappa shape index (κ3) is 0.806. The fourth-order valence-electron chi connectivity index (χ4n) is 7.28. The summed E-state index contributed by atoms with van der Waals surface area (Å²) >= 11 is 0. The van der Waals surface area contributed by atoms with E-state index in [-0.39, 0.29) is 23.7 Å². The van der Waals surface area contributed by atoms with Crippen LogP contribution in [0.1, 0.15) is 12.8 Å². The number of ether oxygens (including phenoxy) is 2. The minimum absolute atomic E-state index is 0.00838. The molecule has 12 atom stereocenters. The van der Waals surface area contributed by atoms with Gasteiger partial charge in [-0.05, 0) is 36.5 Å². The first-order valence-corrected chi connectivity index (χ1v) is 8.14. The molecule has 5 saturated carbocycles. The molecule has 0 unspecified atom stereocenters. The zero-order valence-electron chi connectivity index (χ0n) is 11.0. The third-order valence-corrected chi connectivity index (χ3v) is 7.83. The molecule has 0 aromatic heterocycles. The summed E-state index contributed by atoms with van der Waals surface area (Å²) in [7, 11) is 0. The quantitative estimate of drug-likeness (QED) is 0.600. The molecule has 104 valence electrons. The molecular formula is C16H16O4. The van der Waals surface area contributed by atoms with Gasteiger partial charge >= 0.3 is 0 Å². The van der Waals surface area contributed by atoms with Crippen LogP contribution in [0.2, 0.25) is 0 Å². The summed E-state index contributed by atoms with van der Waals surface area (Å²) in [5.41, 5.74) is 0. The average molecular weight is 272 g/mol. The molecule has 0 spiro atoms. The van der Waals surface area contributed by atoms with E-state index in [0.29, 0.717) is 59.7 Å². The van der Waals surface area contributed by atoms with Crippen LogP contribution in [0.25, 0.3) is 0 Å². The smallest absolute Gasteiger partial charge is 0.141 e. The molecule has 7 fully saturated rings. The Labute approximate surface area is 116 Å². The van der Waals surface area contributed by atoms with Gasteiger partial charge in [-0.15, -0.1) is 0 Å². The van der Waals surface area contributed by atoms with Crippen LogP contribution in [0.5, 0.6) is 0 Å². The van der Waals surface area contributed by atoms with Crippen LogP contribution in [0.3, 0.4) is 0 Å². The van der Waals surface area contributed by atoms with Crippen molar-refractivity contribution in [2.45, 2.75) is 37.3 Å². The maximum absolute atomic E-state index is 13.1. The van der Waals surface area contributed by atoms with E-state index in [0.717, 1.165) is 12.8 Å². The van der Waals surface area contributed by atoms with Crippen LogP contribution in [-0.2, 0) is 19.1 Å². The van der Waals surface area contributed by atoms with E-state index in [1.54, 1.807) is 0 Å². The number of rotatable bonds is 0. The molecule has 4 nitrogen and oxygen atoms in total. The average Bonchev–Trinajstić information content (AvgIpc) is 3.29. The number of epoxide rings is 2. The van der Waals surface area contributed by atoms with Crippen LogP contribution < -0.4 is 0 Å². The zero-order chi connectivity index (χ0) is 12.9. The molecule has 4 heteroatoms. The Morgan fingerprint density at radius 1 is 0.600 bits per heavy atom. The Morgan fingerprint density at radius 2 is 0.900 bits per heavy atom. The zero-order valence-corrected chi connectivity index (χ0v) is 11.0. The highest BCUT2D eigenvalue weighted by molar-refractivity contribution is 6.02. The minimum Gasteiger partial charge on any atom is -0.369 e. The lowest BCUT2D eigenvalue weighted by atomic mass is 9.58. The Kier molecular flexibility index (Phi) is 1.34. The fraction of sp³-hybridized carbons (Fsp3) is 0.875. The van der Waals surface area contributed by atoms with Gasteiger partial charge in [0.1, 0.15) is 11.6 Å². The van der Waals surface area contributed by atoms with Gasteiger partial charge < -0.3 is 9.47 Å². The highest BCUT2D eigenvalue weighted by Gasteiger charge is 2.78. The normalized spacial score (nSPS) is 73.4. The Balaban J connectivity index is 1.39.